The van der Waals surface area contributed by atoms with E-state index in [0.29, 0.717) is 11.4 Å². The molecule has 21 heavy (non-hydrogen) atoms. The lowest BCUT2D eigenvalue weighted by Crippen LogP contribution is -2.44. The molecule has 1 fully saturated rings. The number of thiophene rings is 1. The van der Waals surface area contributed by atoms with Crippen LogP contribution in [-0.2, 0) is 16.6 Å². The first-order valence-electron chi connectivity index (χ1n) is 6.85. The highest BCUT2D eigenvalue weighted by atomic mass is 32.2. The zero-order valence-electron chi connectivity index (χ0n) is 11.8. The average Bonchev–Trinajstić information content (AvgIpc) is 2.86. The van der Waals surface area contributed by atoms with Crippen LogP contribution in [0.2, 0.25) is 0 Å². The average molecular weight is 343 g/mol. The molecule has 0 radical (unpaired) electrons. The van der Waals surface area contributed by atoms with Gasteiger partial charge in [0.05, 0.1) is 0 Å². The van der Waals surface area contributed by atoms with Gasteiger partial charge in [-0.05, 0) is 13.0 Å². The van der Waals surface area contributed by atoms with E-state index in [-0.39, 0.29) is 12.6 Å². The van der Waals surface area contributed by atoms with E-state index >= 15 is 0 Å². The number of nitrogens with two attached hydrogens (primary N) is 1. The van der Waals surface area contributed by atoms with Crippen LogP contribution in [0.4, 0.5) is 0 Å². The highest BCUT2D eigenvalue weighted by Gasteiger charge is 2.34. The Hall–Kier alpha value is -0.600. The first-order chi connectivity index (χ1) is 10.1. The molecule has 3 rings (SSSR count). The van der Waals surface area contributed by atoms with E-state index in [1.807, 2.05) is 31.2 Å². The molecule has 7 heteroatoms. The van der Waals surface area contributed by atoms with Crippen molar-refractivity contribution in [2.45, 2.75) is 24.4 Å². The Kier molecular flexibility index (Phi) is 4.29. The van der Waals surface area contributed by atoms with Gasteiger partial charge in [-0.25, -0.2) is 8.42 Å². The molecule has 2 heterocycles. The molecule has 4 nitrogen and oxygen atoms in total. The number of benzene rings is 1. The first kappa shape index (κ1) is 15.3. The number of thioether (sulfide) groups is 1. The van der Waals surface area contributed by atoms with Crippen molar-refractivity contribution in [3.05, 3.63) is 29.1 Å². The lowest BCUT2D eigenvalue weighted by molar-refractivity contribution is 0.368. The Balaban J connectivity index is 2.18. The van der Waals surface area contributed by atoms with Gasteiger partial charge in [0, 0.05) is 45.6 Å². The maximum absolute atomic E-state index is 13.1. The zero-order valence-corrected chi connectivity index (χ0v) is 14.2. The molecular weight excluding hydrogens is 324 g/mol. The summed E-state index contributed by atoms with van der Waals surface area (Å²) in [5.74, 6) is 1.70. The summed E-state index contributed by atoms with van der Waals surface area (Å²) in [5, 5.41) is 0.799. The summed E-state index contributed by atoms with van der Waals surface area (Å²) < 4.78 is 28.9. The van der Waals surface area contributed by atoms with Crippen LogP contribution in [0.5, 0.6) is 0 Å². The van der Waals surface area contributed by atoms with Crippen molar-refractivity contribution in [3.8, 4) is 0 Å². The normalized spacial score (nSPS) is 21.0. The fourth-order valence-electron chi connectivity index (χ4n) is 2.68. The quantitative estimate of drug-likeness (QED) is 0.931. The van der Waals surface area contributed by atoms with Crippen LogP contribution in [0.3, 0.4) is 0 Å². The van der Waals surface area contributed by atoms with Crippen molar-refractivity contribution in [1.82, 2.24) is 4.31 Å². The second kappa shape index (κ2) is 5.89. The second-order valence-corrected chi connectivity index (χ2v) is 9.21. The minimum absolute atomic E-state index is 0.0260. The summed E-state index contributed by atoms with van der Waals surface area (Å²) in [6.45, 7) is 2.80. The molecule has 2 aromatic rings. The lowest BCUT2D eigenvalue weighted by atomic mass is 10.2. The van der Waals surface area contributed by atoms with Crippen molar-refractivity contribution in [1.29, 1.82) is 0 Å². The van der Waals surface area contributed by atoms with Crippen molar-refractivity contribution in [3.63, 3.8) is 0 Å². The van der Waals surface area contributed by atoms with Gasteiger partial charge in [0.15, 0.2) is 0 Å². The number of nitrogens with zero attached hydrogens (tertiary/aromatic N) is 1. The SMILES string of the molecule is CC1CSCCN1S(=O)(=O)c1c(CN)sc2ccccc12. The summed E-state index contributed by atoms with van der Waals surface area (Å²) >= 11 is 3.29. The van der Waals surface area contributed by atoms with Crippen molar-refractivity contribution in [2.75, 3.05) is 18.1 Å². The number of hydrogen-bond acceptors (Lipinski definition) is 5. The Morgan fingerprint density at radius 1 is 1.38 bits per heavy atom. The fraction of sp³-hybridized carbons (Fsp3) is 0.429. The van der Waals surface area contributed by atoms with Crippen LogP contribution in [-0.4, -0.2) is 36.8 Å². The molecule has 0 spiro atoms. The third-order valence-electron chi connectivity index (χ3n) is 3.68. The fourth-order valence-corrected chi connectivity index (χ4v) is 7.32. The van der Waals surface area contributed by atoms with Gasteiger partial charge < -0.3 is 5.73 Å². The number of fused-ring (bicyclic) bond motifs is 1. The van der Waals surface area contributed by atoms with Crippen LogP contribution in [0.25, 0.3) is 10.1 Å². The zero-order chi connectivity index (χ0) is 15.0. The summed E-state index contributed by atoms with van der Waals surface area (Å²) in [7, 11) is -3.49. The van der Waals surface area contributed by atoms with E-state index in [0.717, 1.165) is 26.5 Å². The molecule has 1 aliphatic heterocycles. The molecule has 0 amide bonds. The number of sulfonamides is 1. The van der Waals surface area contributed by atoms with Crippen molar-refractivity contribution in [2.24, 2.45) is 5.73 Å². The topological polar surface area (TPSA) is 63.4 Å². The highest BCUT2D eigenvalue weighted by molar-refractivity contribution is 7.99. The predicted octanol–water partition coefficient (Wildman–Crippen LogP) is 2.49. The van der Waals surface area contributed by atoms with E-state index in [4.69, 9.17) is 5.73 Å². The third kappa shape index (κ3) is 2.61. The van der Waals surface area contributed by atoms with Gasteiger partial charge >= 0.3 is 0 Å². The molecule has 1 aliphatic rings. The van der Waals surface area contributed by atoms with Crippen LogP contribution in [0.1, 0.15) is 11.8 Å². The second-order valence-electron chi connectivity index (χ2n) is 5.09. The third-order valence-corrected chi connectivity index (χ3v) is 8.33. The molecule has 0 bridgehead atoms. The van der Waals surface area contributed by atoms with E-state index in [1.165, 1.54) is 11.3 Å². The van der Waals surface area contributed by atoms with Crippen LogP contribution >= 0.6 is 23.1 Å². The van der Waals surface area contributed by atoms with E-state index in [9.17, 15) is 8.42 Å². The standard InChI is InChI=1S/C14H18N2O2S3/c1-10-9-19-7-6-16(10)21(17,18)14-11-4-2-3-5-12(11)20-13(14)8-15/h2-5,10H,6-9,15H2,1H3. The summed E-state index contributed by atoms with van der Waals surface area (Å²) in [4.78, 5) is 1.17. The minimum Gasteiger partial charge on any atom is -0.326 e. The molecular formula is C14H18N2O2S3. The van der Waals surface area contributed by atoms with E-state index in [2.05, 4.69) is 0 Å². The van der Waals surface area contributed by atoms with Crippen molar-refractivity contribution < 1.29 is 8.42 Å². The first-order valence-corrected chi connectivity index (χ1v) is 10.3. The number of rotatable bonds is 3. The Bertz CT molecular complexity index is 755. The van der Waals surface area contributed by atoms with E-state index in [1.54, 1.807) is 16.1 Å². The monoisotopic (exact) mass is 342 g/mol. The van der Waals surface area contributed by atoms with Gasteiger partial charge in [-0.3, -0.25) is 0 Å². The lowest BCUT2D eigenvalue weighted by Gasteiger charge is -2.32. The van der Waals surface area contributed by atoms with Crippen LogP contribution in [0.15, 0.2) is 29.2 Å². The molecule has 0 saturated carbocycles. The van der Waals surface area contributed by atoms with Gasteiger partial charge in [0.1, 0.15) is 4.90 Å². The highest BCUT2D eigenvalue weighted by Crippen LogP contribution is 2.37. The molecule has 1 atom stereocenters. The molecule has 1 aromatic carbocycles. The predicted molar refractivity (Wildman–Crippen MR) is 90.4 cm³/mol. The van der Waals surface area contributed by atoms with Gasteiger partial charge in [-0.15, -0.1) is 11.3 Å². The maximum Gasteiger partial charge on any atom is 0.245 e. The summed E-state index contributed by atoms with van der Waals surface area (Å²) in [5.41, 5.74) is 5.80. The van der Waals surface area contributed by atoms with Gasteiger partial charge in [0.2, 0.25) is 10.0 Å². The van der Waals surface area contributed by atoms with Gasteiger partial charge in [-0.2, -0.15) is 16.1 Å². The number of hydrogen-bond donors (Lipinski definition) is 1. The largest absolute Gasteiger partial charge is 0.326 e. The molecule has 114 valence electrons. The molecule has 1 saturated heterocycles. The smallest absolute Gasteiger partial charge is 0.245 e. The van der Waals surface area contributed by atoms with Crippen LogP contribution < -0.4 is 5.73 Å². The molecule has 1 aromatic heterocycles. The molecule has 1 unspecified atom stereocenters. The molecule has 2 N–H and O–H groups in total. The maximum atomic E-state index is 13.1. The van der Waals surface area contributed by atoms with Crippen molar-refractivity contribution >= 4 is 43.2 Å². The van der Waals surface area contributed by atoms with Gasteiger partial charge in [0.25, 0.3) is 0 Å². The van der Waals surface area contributed by atoms with E-state index < -0.39 is 10.0 Å². The Morgan fingerprint density at radius 2 is 2.14 bits per heavy atom. The Morgan fingerprint density at radius 3 is 2.86 bits per heavy atom. The minimum atomic E-state index is -3.49. The molecule has 0 aliphatic carbocycles. The summed E-state index contributed by atoms with van der Waals surface area (Å²) in [6, 6.07) is 7.66. The summed E-state index contributed by atoms with van der Waals surface area (Å²) in [6.07, 6.45) is 0. The van der Waals surface area contributed by atoms with Gasteiger partial charge in [-0.1, -0.05) is 18.2 Å². The van der Waals surface area contributed by atoms with Crippen LogP contribution in [0, 0.1) is 0 Å². The Labute approximate surface area is 133 Å².